The van der Waals surface area contributed by atoms with Gasteiger partial charge in [0.15, 0.2) is 5.69 Å². The molecule has 1 aromatic heterocycles. The Balaban J connectivity index is 1.56. The molecule has 13 heteroatoms. The predicted octanol–water partition coefficient (Wildman–Crippen LogP) is 5.37. The third-order valence-corrected chi connectivity index (χ3v) is 6.26. The molecule has 1 aliphatic rings. The predicted molar refractivity (Wildman–Crippen MR) is 130 cm³/mol. The molecule has 3 aromatic rings. The van der Waals surface area contributed by atoms with Gasteiger partial charge in [0.25, 0.3) is 5.91 Å². The van der Waals surface area contributed by atoms with Crippen LogP contribution in [0.1, 0.15) is 34.7 Å². The van der Waals surface area contributed by atoms with Gasteiger partial charge in [-0.15, -0.1) is 13.2 Å². The van der Waals surface area contributed by atoms with Crippen molar-refractivity contribution in [1.29, 1.82) is 5.26 Å². The molecule has 1 fully saturated rings. The number of ether oxygens (including phenoxy) is 1. The van der Waals surface area contributed by atoms with E-state index in [1.807, 2.05) is 6.07 Å². The maximum Gasteiger partial charge on any atom is 0.573 e. The van der Waals surface area contributed by atoms with Crippen LogP contribution in [0.15, 0.2) is 46.9 Å². The van der Waals surface area contributed by atoms with Crippen molar-refractivity contribution in [3.05, 3.63) is 69.5 Å². The lowest BCUT2D eigenvalue weighted by Crippen LogP contribution is -2.51. The van der Waals surface area contributed by atoms with Gasteiger partial charge in [-0.1, -0.05) is 29.3 Å². The first-order valence-electron chi connectivity index (χ1n) is 11.2. The van der Waals surface area contributed by atoms with E-state index in [1.165, 1.54) is 19.1 Å². The molecule has 0 bridgehead atoms. The minimum Gasteiger partial charge on any atom is -0.441 e. The largest absolute Gasteiger partial charge is 0.573 e. The van der Waals surface area contributed by atoms with Crippen molar-refractivity contribution < 1.29 is 31.9 Å². The number of amides is 2. The van der Waals surface area contributed by atoms with Crippen LogP contribution in [0.5, 0.6) is 5.75 Å². The molecule has 2 aromatic carbocycles. The quantitative estimate of drug-likeness (QED) is 0.378. The topological polar surface area (TPSA) is 117 Å². The Hall–Kier alpha value is -3.75. The SMILES string of the molecule is Cc1oc(-c2ccc(Cl)cc2)nc1C(=O)N[C@@H](Cc1ccc(OC(F)(F)F)c(Cl)c1)C(=O)NC1(C#N)CC1. The van der Waals surface area contributed by atoms with Gasteiger partial charge in [-0.25, -0.2) is 4.98 Å². The normalized spacial score (nSPS) is 14.8. The summed E-state index contributed by atoms with van der Waals surface area (Å²) in [6.45, 7) is 1.53. The Bertz CT molecular complexity index is 1410. The smallest absolute Gasteiger partial charge is 0.441 e. The van der Waals surface area contributed by atoms with Crippen LogP contribution < -0.4 is 15.4 Å². The maximum absolute atomic E-state index is 13.1. The van der Waals surface area contributed by atoms with Crippen LogP contribution in [0.25, 0.3) is 11.5 Å². The Morgan fingerprint density at radius 2 is 1.89 bits per heavy atom. The van der Waals surface area contributed by atoms with Crippen molar-refractivity contribution in [3.63, 3.8) is 0 Å². The van der Waals surface area contributed by atoms with E-state index in [4.69, 9.17) is 27.6 Å². The number of nitrogens with one attached hydrogen (secondary N) is 2. The van der Waals surface area contributed by atoms with Crippen LogP contribution in [0, 0.1) is 18.3 Å². The molecule has 1 atom stereocenters. The molecule has 0 saturated heterocycles. The first-order valence-corrected chi connectivity index (χ1v) is 12.0. The Kier molecular flexibility index (Phi) is 7.58. The molecule has 0 radical (unpaired) electrons. The zero-order chi connectivity index (χ0) is 27.7. The summed E-state index contributed by atoms with van der Waals surface area (Å²) < 4.78 is 47.2. The molecular weight excluding hydrogens is 548 g/mol. The number of oxazole rings is 1. The number of carbonyl (C=O) groups excluding carboxylic acids is 2. The highest BCUT2D eigenvalue weighted by Gasteiger charge is 2.46. The highest BCUT2D eigenvalue weighted by atomic mass is 35.5. The van der Waals surface area contributed by atoms with Gasteiger partial charge in [0.2, 0.25) is 11.8 Å². The Labute approximate surface area is 224 Å². The molecule has 4 rings (SSSR count). The van der Waals surface area contributed by atoms with E-state index in [-0.39, 0.29) is 28.8 Å². The van der Waals surface area contributed by atoms with E-state index >= 15 is 0 Å². The number of halogens is 5. The van der Waals surface area contributed by atoms with Crippen LogP contribution in [0.4, 0.5) is 13.2 Å². The summed E-state index contributed by atoms with van der Waals surface area (Å²) in [7, 11) is 0. The molecule has 38 heavy (non-hydrogen) atoms. The Morgan fingerprint density at radius 3 is 2.47 bits per heavy atom. The highest BCUT2D eigenvalue weighted by molar-refractivity contribution is 6.32. The third-order valence-electron chi connectivity index (χ3n) is 5.71. The van der Waals surface area contributed by atoms with Crippen molar-refractivity contribution in [1.82, 2.24) is 15.6 Å². The zero-order valence-corrected chi connectivity index (χ0v) is 21.2. The number of hydrogen-bond donors (Lipinski definition) is 2. The summed E-state index contributed by atoms with van der Waals surface area (Å²) in [6.07, 6.45) is -4.17. The first-order chi connectivity index (χ1) is 17.9. The van der Waals surface area contributed by atoms with Crippen molar-refractivity contribution in [2.75, 3.05) is 0 Å². The Morgan fingerprint density at radius 1 is 1.21 bits per heavy atom. The molecule has 0 unspecified atom stereocenters. The number of hydrogen-bond acceptors (Lipinski definition) is 6. The van der Waals surface area contributed by atoms with Crippen LogP contribution in [0.2, 0.25) is 10.0 Å². The summed E-state index contributed by atoms with van der Waals surface area (Å²) in [5.74, 6) is -1.63. The molecule has 198 valence electrons. The molecule has 1 heterocycles. The number of nitriles is 1. The van der Waals surface area contributed by atoms with Crippen LogP contribution in [-0.4, -0.2) is 34.7 Å². The van der Waals surface area contributed by atoms with Crippen LogP contribution in [-0.2, 0) is 11.2 Å². The first kappa shape index (κ1) is 27.3. The second-order valence-corrected chi connectivity index (χ2v) is 9.50. The highest BCUT2D eigenvalue weighted by Crippen LogP contribution is 2.35. The van der Waals surface area contributed by atoms with Crippen LogP contribution in [0.3, 0.4) is 0 Å². The summed E-state index contributed by atoms with van der Waals surface area (Å²) >= 11 is 11.9. The summed E-state index contributed by atoms with van der Waals surface area (Å²) in [6, 6.07) is 10.9. The molecular formula is C25H19Cl2F3N4O4. The number of nitrogens with zero attached hydrogens (tertiary/aromatic N) is 2. The fourth-order valence-electron chi connectivity index (χ4n) is 3.59. The average molecular weight is 567 g/mol. The third kappa shape index (κ3) is 6.57. The van der Waals surface area contributed by atoms with Crippen LogP contribution >= 0.6 is 23.2 Å². The number of benzene rings is 2. The van der Waals surface area contributed by atoms with Gasteiger partial charge in [-0.2, -0.15) is 5.26 Å². The standard InChI is InChI=1S/C25H19Cl2F3N4O4/c1-13-20(33-23(37-13)15-3-5-16(26)6-4-15)22(36)32-18(21(35)34-24(12-31)8-9-24)11-14-2-7-19(17(27)10-14)38-25(28,29)30/h2-7,10,18H,8-9,11H2,1H3,(H,32,36)(H,34,35)/t18-/m0/s1. The molecule has 1 saturated carbocycles. The number of aryl methyl sites for hydroxylation is 1. The molecule has 0 aliphatic heterocycles. The summed E-state index contributed by atoms with van der Waals surface area (Å²) in [5.41, 5.74) is -0.175. The molecule has 0 spiro atoms. The number of carbonyl (C=O) groups is 2. The van der Waals surface area contributed by atoms with Gasteiger partial charge >= 0.3 is 6.36 Å². The second kappa shape index (κ2) is 10.6. The van der Waals surface area contributed by atoms with E-state index in [2.05, 4.69) is 20.4 Å². The molecule has 8 nitrogen and oxygen atoms in total. The van der Waals surface area contributed by atoms with E-state index in [0.29, 0.717) is 29.0 Å². The van der Waals surface area contributed by atoms with Gasteiger partial charge < -0.3 is 19.8 Å². The van der Waals surface area contributed by atoms with Gasteiger partial charge in [-0.3, -0.25) is 9.59 Å². The van der Waals surface area contributed by atoms with E-state index in [0.717, 1.165) is 6.07 Å². The minimum absolute atomic E-state index is 0.0684. The van der Waals surface area contributed by atoms with Gasteiger partial charge in [-0.05, 0) is 61.7 Å². The maximum atomic E-state index is 13.1. The van der Waals surface area contributed by atoms with Crippen molar-refractivity contribution >= 4 is 35.0 Å². The second-order valence-electron chi connectivity index (χ2n) is 8.66. The molecule has 2 N–H and O–H groups in total. The van der Waals surface area contributed by atoms with Crippen molar-refractivity contribution in [2.24, 2.45) is 0 Å². The number of aromatic nitrogens is 1. The fraction of sp³-hybridized carbons (Fsp3) is 0.280. The fourth-order valence-corrected chi connectivity index (χ4v) is 3.95. The van der Waals surface area contributed by atoms with E-state index in [1.54, 1.807) is 24.3 Å². The van der Waals surface area contributed by atoms with Gasteiger partial charge in [0, 0.05) is 17.0 Å². The summed E-state index contributed by atoms with van der Waals surface area (Å²) in [5, 5.41) is 14.7. The van der Waals surface area contributed by atoms with Gasteiger partial charge in [0.05, 0.1) is 11.1 Å². The lowest BCUT2D eigenvalue weighted by atomic mass is 10.0. The number of alkyl halides is 3. The average Bonchev–Trinajstić information content (AvgIpc) is 3.51. The van der Waals surface area contributed by atoms with Crippen molar-refractivity contribution in [2.45, 2.75) is 44.1 Å². The van der Waals surface area contributed by atoms with Crippen molar-refractivity contribution in [3.8, 4) is 23.3 Å². The lowest BCUT2D eigenvalue weighted by Gasteiger charge is -2.20. The minimum atomic E-state index is -4.93. The van der Waals surface area contributed by atoms with Gasteiger partial charge in [0.1, 0.15) is 23.1 Å². The lowest BCUT2D eigenvalue weighted by molar-refractivity contribution is -0.274. The molecule has 2 amide bonds. The van der Waals surface area contributed by atoms with E-state index in [9.17, 15) is 28.0 Å². The monoisotopic (exact) mass is 566 g/mol. The number of rotatable bonds is 8. The zero-order valence-electron chi connectivity index (χ0n) is 19.7. The van der Waals surface area contributed by atoms with E-state index < -0.39 is 35.5 Å². The summed E-state index contributed by atoms with van der Waals surface area (Å²) in [4.78, 5) is 30.4. The molecule has 1 aliphatic carbocycles.